The molecule has 3 aliphatic heterocycles. The van der Waals surface area contributed by atoms with Crippen molar-refractivity contribution in [3.8, 4) is 0 Å². The first-order valence-electron chi connectivity index (χ1n) is 43.6. The molecule has 19 heteroatoms. The first-order valence-corrected chi connectivity index (χ1v) is 43.6. The number of unbranched alkanes of at least 4 members (excludes halogenated alkanes) is 53. The number of hydrogen-bond acceptors (Lipinski definition) is 18. The zero-order valence-corrected chi connectivity index (χ0v) is 66.0. The van der Waals surface area contributed by atoms with Crippen LogP contribution in [-0.4, -0.2) is 193 Å². The molecule has 0 bridgehead atoms. The third kappa shape index (κ3) is 44.9. The molecule has 0 spiro atoms. The van der Waals surface area contributed by atoms with E-state index in [2.05, 4.69) is 31.3 Å². The van der Waals surface area contributed by atoms with Crippen LogP contribution in [0.15, 0.2) is 24.3 Å². The van der Waals surface area contributed by atoms with Crippen molar-refractivity contribution in [2.75, 3.05) is 26.4 Å². The molecule has 0 aromatic heterocycles. The van der Waals surface area contributed by atoms with E-state index >= 15 is 0 Å². The summed E-state index contributed by atoms with van der Waals surface area (Å²) in [6.07, 6.45) is 54.7. The van der Waals surface area contributed by atoms with Crippen LogP contribution >= 0.6 is 0 Å². The lowest BCUT2D eigenvalue weighted by molar-refractivity contribution is -0.379. The van der Waals surface area contributed by atoms with Crippen LogP contribution in [0.5, 0.6) is 0 Å². The van der Waals surface area contributed by atoms with Gasteiger partial charge in [0.2, 0.25) is 5.91 Å². The summed E-state index contributed by atoms with van der Waals surface area (Å²) in [5, 5.41) is 121. The molecule has 17 atom stereocenters. The predicted octanol–water partition coefficient (Wildman–Crippen LogP) is 15.7. The van der Waals surface area contributed by atoms with Gasteiger partial charge in [0.05, 0.1) is 38.6 Å². The van der Waals surface area contributed by atoms with Gasteiger partial charge in [-0.3, -0.25) is 4.79 Å². The van der Waals surface area contributed by atoms with Gasteiger partial charge in [0.15, 0.2) is 18.9 Å². The number of nitrogens with one attached hydrogen (secondary N) is 1. The molecule has 614 valence electrons. The third-order valence-electron chi connectivity index (χ3n) is 22.0. The van der Waals surface area contributed by atoms with E-state index < -0.39 is 124 Å². The topological polar surface area (TPSA) is 307 Å². The summed E-state index contributed by atoms with van der Waals surface area (Å²) < 4.78 is 34.5. The second kappa shape index (κ2) is 65.9. The highest BCUT2D eigenvalue weighted by Gasteiger charge is 2.54. The molecule has 17 unspecified atom stereocenters. The number of carbonyl (C=O) groups excluding carboxylic acids is 1. The minimum absolute atomic E-state index is 0.247. The molecular formula is C85H161NO18. The zero-order valence-electron chi connectivity index (χ0n) is 66.0. The maximum atomic E-state index is 13.5. The molecule has 0 saturated carbocycles. The molecule has 3 aliphatic rings. The van der Waals surface area contributed by atoms with Crippen LogP contribution in [0.3, 0.4) is 0 Å². The molecule has 1 amide bonds. The number of ether oxygens (including phenoxy) is 6. The molecule has 3 fully saturated rings. The second-order valence-corrected chi connectivity index (χ2v) is 31.4. The van der Waals surface area contributed by atoms with Crippen LogP contribution in [-0.2, 0) is 33.2 Å². The van der Waals surface area contributed by atoms with Crippen molar-refractivity contribution in [1.29, 1.82) is 0 Å². The van der Waals surface area contributed by atoms with Gasteiger partial charge in [0, 0.05) is 6.42 Å². The number of rotatable bonds is 71. The van der Waals surface area contributed by atoms with Crippen LogP contribution in [0.25, 0.3) is 0 Å². The fourth-order valence-corrected chi connectivity index (χ4v) is 15.0. The molecule has 0 aromatic rings. The largest absolute Gasteiger partial charge is 0.394 e. The molecule has 0 radical (unpaired) electrons. The summed E-state index contributed by atoms with van der Waals surface area (Å²) in [5.74, 6) is -0.268. The van der Waals surface area contributed by atoms with Gasteiger partial charge in [-0.1, -0.05) is 353 Å². The summed E-state index contributed by atoms with van der Waals surface area (Å²) in [7, 11) is 0. The highest BCUT2D eigenvalue weighted by Crippen LogP contribution is 2.34. The van der Waals surface area contributed by atoms with Crippen molar-refractivity contribution < 1.29 is 89.4 Å². The molecule has 104 heavy (non-hydrogen) atoms. The molecule has 12 N–H and O–H groups in total. The molecule has 3 heterocycles. The predicted molar refractivity (Wildman–Crippen MR) is 416 cm³/mol. The monoisotopic (exact) mass is 1480 g/mol. The lowest BCUT2D eigenvalue weighted by Crippen LogP contribution is -2.66. The molecule has 0 aliphatic carbocycles. The Morgan fingerprint density at radius 1 is 0.337 bits per heavy atom. The number of aliphatic hydroxyl groups is 11. The number of allylic oxidation sites excluding steroid dienone is 3. The first-order chi connectivity index (χ1) is 50.8. The highest BCUT2D eigenvalue weighted by molar-refractivity contribution is 5.76. The summed E-state index contributed by atoms with van der Waals surface area (Å²) in [4.78, 5) is 13.5. The Morgan fingerprint density at radius 3 is 0.933 bits per heavy atom. The van der Waals surface area contributed by atoms with Crippen molar-refractivity contribution >= 4 is 5.91 Å². The van der Waals surface area contributed by atoms with Crippen molar-refractivity contribution in [1.82, 2.24) is 5.32 Å². The summed E-state index contributed by atoms with van der Waals surface area (Å²) in [5.41, 5.74) is 0. The Morgan fingerprint density at radius 2 is 0.606 bits per heavy atom. The molecule has 19 nitrogen and oxygen atoms in total. The summed E-state index contributed by atoms with van der Waals surface area (Å²) in [6.45, 7) is 1.81. The third-order valence-corrected chi connectivity index (χ3v) is 22.0. The normalized spacial score (nSPS) is 26.0. The van der Waals surface area contributed by atoms with Gasteiger partial charge in [-0.15, -0.1) is 0 Å². The number of carbonyl (C=O) groups is 1. The quantitative estimate of drug-likeness (QED) is 0.0199. The fraction of sp³-hybridized carbons (Fsp3) is 0.941. The number of amides is 1. The van der Waals surface area contributed by atoms with E-state index in [1.54, 1.807) is 6.08 Å². The minimum atomic E-state index is -1.98. The Balaban J connectivity index is 1.35. The van der Waals surface area contributed by atoms with Gasteiger partial charge in [-0.05, 0) is 44.9 Å². The Hall–Kier alpha value is -1.73. The smallest absolute Gasteiger partial charge is 0.220 e. The SMILES string of the molecule is CCCCCCCCCC/C=C\CCCCCCCCCCCCCCCCCC(=O)NC(COC1OC(CO)C(OC2OC(CO)C(OC3OC(CO)C(O)C(O)C3O)C(O)C2O)C(O)C1O)C(O)/C=C/CCCCCCCCCCCCCCCCCCCCCCCCCCCCCCCC. The van der Waals surface area contributed by atoms with E-state index in [1.807, 2.05) is 6.08 Å². The average Bonchev–Trinajstić information content (AvgIpc) is 0.783. The first kappa shape index (κ1) is 96.5. The van der Waals surface area contributed by atoms with Crippen molar-refractivity contribution in [2.24, 2.45) is 0 Å². The van der Waals surface area contributed by atoms with Crippen LogP contribution in [0.1, 0.15) is 380 Å². The molecule has 3 saturated heterocycles. The van der Waals surface area contributed by atoms with Crippen LogP contribution in [0.4, 0.5) is 0 Å². The Bertz CT molecular complexity index is 1970. The van der Waals surface area contributed by atoms with Gasteiger partial charge in [-0.2, -0.15) is 0 Å². The van der Waals surface area contributed by atoms with E-state index in [1.165, 1.54) is 308 Å². The second-order valence-electron chi connectivity index (χ2n) is 31.4. The fourth-order valence-electron chi connectivity index (χ4n) is 15.0. The van der Waals surface area contributed by atoms with Crippen LogP contribution in [0, 0.1) is 0 Å². The maximum Gasteiger partial charge on any atom is 0.220 e. The lowest BCUT2D eigenvalue weighted by atomic mass is 9.96. The van der Waals surface area contributed by atoms with E-state index in [0.29, 0.717) is 6.42 Å². The Kier molecular flexibility index (Phi) is 61.2. The van der Waals surface area contributed by atoms with Crippen molar-refractivity contribution in [3.05, 3.63) is 24.3 Å². The van der Waals surface area contributed by atoms with Gasteiger partial charge >= 0.3 is 0 Å². The summed E-state index contributed by atoms with van der Waals surface area (Å²) in [6, 6.07) is -0.973. The Labute approximate surface area is 632 Å². The highest BCUT2D eigenvalue weighted by atomic mass is 16.8. The minimum Gasteiger partial charge on any atom is -0.394 e. The standard InChI is InChI=1S/C85H161NO18/c1-3-5-7-9-11-13-15-17-19-21-23-25-27-29-31-32-33-34-35-37-38-40-42-44-46-48-50-52-54-56-58-60-62-69(90)68(86-73(91)63-61-59-57-55-53-51-49-47-45-43-41-39-36-30-28-26-24-22-20-18-16-14-12-10-8-6-4-2)67-99-83-79(97)76(94)81(71(65-88)101-83)104-85-80(98)77(95)82(72(66-89)102-85)103-84-78(96)75(93)74(92)70(64-87)100-84/h22,24,60,62,68-72,74-85,87-90,92-98H,3-21,23,25-59,61,63-67H2,1-2H3,(H,86,91)/b24-22-,62-60+. The lowest BCUT2D eigenvalue weighted by Gasteiger charge is -2.48. The van der Waals surface area contributed by atoms with E-state index in [0.717, 1.165) is 44.9 Å². The van der Waals surface area contributed by atoms with Crippen molar-refractivity contribution in [3.63, 3.8) is 0 Å². The van der Waals surface area contributed by atoms with Crippen LogP contribution in [0.2, 0.25) is 0 Å². The van der Waals surface area contributed by atoms with E-state index in [9.17, 15) is 61.0 Å². The zero-order chi connectivity index (χ0) is 75.3. The number of aliphatic hydroxyl groups excluding tert-OH is 11. The van der Waals surface area contributed by atoms with Crippen LogP contribution < -0.4 is 5.32 Å². The summed E-state index contributed by atoms with van der Waals surface area (Å²) >= 11 is 0. The molecular weight excluding hydrogens is 1320 g/mol. The van der Waals surface area contributed by atoms with Crippen molar-refractivity contribution in [2.45, 2.75) is 484 Å². The van der Waals surface area contributed by atoms with Gasteiger partial charge < -0.3 is 89.9 Å². The average molecular weight is 1490 g/mol. The van der Waals surface area contributed by atoms with Gasteiger partial charge in [0.25, 0.3) is 0 Å². The number of hydrogen-bond donors (Lipinski definition) is 12. The van der Waals surface area contributed by atoms with E-state index in [-0.39, 0.29) is 18.9 Å². The van der Waals surface area contributed by atoms with Gasteiger partial charge in [-0.25, -0.2) is 0 Å². The van der Waals surface area contributed by atoms with Gasteiger partial charge in [0.1, 0.15) is 73.2 Å². The van der Waals surface area contributed by atoms with E-state index in [4.69, 9.17) is 28.4 Å². The molecule has 3 rings (SSSR count). The maximum absolute atomic E-state index is 13.5. The molecule has 0 aromatic carbocycles.